The molecule has 4 aromatic rings. The Hall–Kier alpha value is -3.73. The Morgan fingerprint density at radius 1 is 1.04 bits per heavy atom. The van der Waals surface area contributed by atoms with Crippen molar-refractivity contribution in [3.63, 3.8) is 0 Å². The van der Waals surface area contributed by atoms with Crippen molar-refractivity contribution in [2.45, 2.75) is 6.92 Å². The number of hydrogen-bond acceptors (Lipinski definition) is 4. The number of nitrogens with zero attached hydrogens (tertiary/aromatic N) is 3. The van der Waals surface area contributed by atoms with Gasteiger partial charge in [0.25, 0.3) is 0 Å². The molecule has 0 radical (unpaired) electrons. The lowest BCUT2D eigenvalue weighted by atomic mass is 10.1. The van der Waals surface area contributed by atoms with E-state index in [-0.39, 0.29) is 5.78 Å². The third-order valence-electron chi connectivity index (χ3n) is 4.45. The van der Waals surface area contributed by atoms with Gasteiger partial charge >= 0.3 is 0 Å². The van der Waals surface area contributed by atoms with E-state index in [1.54, 1.807) is 30.7 Å². The minimum absolute atomic E-state index is 0.0354. The Labute approximate surface area is 157 Å². The summed E-state index contributed by atoms with van der Waals surface area (Å²) in [5.74, 6) is -0.0354. The first-order chi connectivity index (χ1) is 13.3. The third kappa shape index (κ3) is 3.22. The molecule has 0 saturated heterocycles. The van der Waals surface area contributed by atoms with Crippen LogP contribution in [0.1, 0.15) is 27.2 Å². The van der Waals surface area contributed by atoms with E-state index in [1.165, 1.54) is 0 Å². The predicted molar refractivity (Wildman–Crippen MR) is 107 cm³/mol. The molecule has 3 heterocycles. The second-order valence-electron chi connectivity index (χ2n) is 6.14. The smallest absolute Gasteiger partial charge is 0.210 e. The van der Waals surface area contributed by atoms with Crippen LogP contribution >= 0.6 is 0 Å². The largest absolute Gasteiger partial charge is 0.313 e. The SMILES string of the molecule is Cc1c(C=NNc2ccccc2)c2ccccn2c1C(=O)c1ccncc1. The van der Waals surface area contributed by atoms with Gasteiger partial charge in [-0.2, -0.15) is 5.10 Å². The number of carbonyl (C=O) groups excluding carboxylic acids is 1. The first-order valence-corrected chi connectivity index (χ1v) is 8.64. The number of rotatable bonds is 5. The summed E-state index contributed by atoms with van der Waals surface area (Å²) < 4.78 is 1.92. The van der Waals surface area contributed by atoms with E-state index in [0.29, 0.717) is 11.3 Å². The van der Waals surface area contributed by atoms with Crippen LogP contribution in [0.5, 0.6) is 0 Å². The van der Waals surface area contributed by atoms with E-state index in [2.05, 4.69) is 15.5 Å². The number of hydrazone groups is 1. The minimum Gasteiger partial charge on any atom is -0.313 e. The van der Waals surface area contributed by atoms with E-state index in [0.717, 1.165) is 22.3 Å². The number of benzene rings is 1. The molecule has 0 atom stereocenters. The lowest BCUT2D eigenvalue weighted by Crippen LogP contribution is -2.06. The van der Waals surface area contributed by atoms with Gasteiger partial charge in [-0.05, 0) is 48.9 Å². The van der Waals surface area contributed by atoms with Crippen LogP contribution in [-0.2, 0) is 0 Å². The van der Waals surface area contributed by atoms with Gasteiger partial charge in [0.05, 0.1) is 23.1 Å². The molecular weight excluding hydrogens is 336 g/mol. The normalized spacial score (nSPS) is 11.1. The monoisotopic (exact) mass is 354 g/mol. The van der Waals surface area contributed by atoms with Gasteiger partial charge in [-0.1, -0.05) is 24.3 Å². The van der Waals surface area contributed by atoms with Gasteiger partial charge in [-0.15, -0.1) is 0 Å². The van der Waals surface area contributed by atoms with E-state index in [1.807, 2.05) is 66.1 Å². The molecule has 4 rings (SSSR count). The first-order valence-electron chi connectivity index (χ1n) is 8.64. The Balaban J connectivity index is 1.76. The van der Waals surface area contributed by atoms with Gasteiger partial charge in [0, 0.05) is 29.7 Å². The summed E-state index contributed by atoms with van der Waals surface area (Å²) in [6.45, 7) is 1.95. The van der Waals surface area contributed by atoms with Crippen molar-refractivity contribution < 1.29 is 4.79 Å². The maximum Gasteiger partial charge on any atom is 0.210 e. The van der Waals surface area contributed by atoms with E-state index < -0.39 is 0 Å². The van der Waals surface area contributed by atoms with Crippen molar-refractivity contribution in [1.29, 1.82) is 0 Å². The number of anilines is 1. The Morgan fingerprint density at radius 3 is 2.56 bits per heavy atom. The maximum atomic E-state index is 13.1. The van der Waals surface area contributed by atoms with Crippen molar-refractivity contribution in [3.8, 4) is 0 Å². The zero-order valence-corrected chi connectivity index (χ0v) is 14.8. The molecule has 3 aromatic heterocycles. The highest BCUT2D eigenvalue weighted by molar-refractivity contribution is 6.11. The molecule has 27 heavy (non-hydrogen) atoms. The summed E-state index contributed by atoms with van der Waals surface area (Å²) in [4.78, 5) is 17.1. The Kier molecular flexibility index (Phi) is 4.49. The van der Waals surface area contributed by atoms with Gasteiger partial charge in [0.15, 0.2) is 0 Å². The fourth-order valence-electron chi connectivity index (χ4n) is 3.12. The van der Waals surface area contributed by atoms with Crippen LogP contribution in [0.2, 0.25) is 0 Å². The summed E-state index contributed by atoms with van der Waals surface area (Å²) in [5.41, 5.74) is 7.92. The summed E-state index contributed by atoms with van der Waals surface area (Å²) in [5, 5.41) is 4.36. The molecule has 5 nitrogen and oxygen atoms in total. The number of aromatic nitrogens is 2. The molecule has 0 saturated carbocycles. The van der Waals surface area contributed by atoms with E-state index in [4.69, 9.17) is 0 Å². The van der Waals surface area contributed by atoms with Crippen molar-refractivity contribution in [2.24, 2.45) is 5.10 Å². The highest BCUT2D eigenvalue weighted by atomic mass is 16.1. The fraction of sp³-hybridized carbons (Fsp3) is 0.0455. The highest BCUT2D eigenvalue weighted by Crippen LogP contribution is 2.24. The zero-order valence-electron chi connectivity index (χ0n) is 14.8. The van der Waals surface area contributed by atoms with Crippen LogP contribution in [0, 0.1) is 6.92 Å². The lowest BCUT2D eigenvalue weighted by Gasteiger charge is -2.03. The number of fused-ring (bicyclic) bond motifs is 1. The molecule has 132 valence electrons. The number of nitrogens with one attached hydrogen (secondary N) is 1. The lowest BCUT2D eigenvalue weighted by molar-refractivity contribution is 0.103. The number of carbonyl (C=O) groups is 1. The molecule has 1 N–H and O–H groups in total. The summed E-state index contributed by atoms with van der Waals surface area (Å²) >= 11 is 0. The average Bonchev–Trinajstić information content (AvgIpc) is 3.00. The predicted octanol–water partition coefficient (Wildman–Crippen LogP) is 4.32. The molecule has 0 unspecified atom stereocenters. The Morgan fingerprint density at radius 2 is 1.78 bits per heavy atom. The maximum absolute atomic E-state index is 13.1. The van der Waals surface area contributed by atoms with Crippen LogP contribution in [0.3, 0.4) is 0 Å². The van der Waals surface area contributed by atoms with Crippen LogP contribution in [-0.4, -0.2) is 21.4 Å². The quantitative estimate of drug-likeness (QED) is 0.330. The third-order valence-corrected chi connectivity index (χ3v) is 4.45. The van der Waals surface area contributed by atoms with Crippen LogP contribution < -0.4 is 5.43 Å². The van der Waals surface area contributed by atoms with E-state index in [9.17, 15) is 4.79 Å². The van der Waals surface area contributed by atoms with Crippen molar-refractivity contribution >= 4 is 23.2 Å². The molecule has 0 amide bonds. The van der Waals surface area contributed by atoms with Crippen LogP contribution in [0.15, 0.2) is 84.4 Å². The van der Waals surface area contributed by atoms with E-state index >= 15 is 0 Å². The number of ketones is 1. The zero-order chi connectivity index (χ0) is 18.6. The average molecular weight is 354 g/mol. The van der Waals surface area contributed by atoms with Crippen molar-refractivity contribution in [3.05, 3.63) is 102 Å². The molecule has 0 fully saturated rings. The molecule has 1 aromatic carbocycles. The van der Waals surface area contributed by atoms with Crippen molar-refractivity contribution in [2.75, 3.05) is 5.43 Å². The summed E-state index contributed by atoms with van der Waals surface area (Å²) in [6.07, 6.45) is 6.93. The molecule has 0 bridgehead atoms. The first kappa shape index (κ1) is 16.7. The van der Waals surface area contributed by atoms with Gasteiger partial charge in [0.1, 0.15) is 0 Å². The van der Waals surface area contributed by atoms with Gasteiger partial charge in [-0.25, -0.2) is 0 Å². The second kappa shape index (κ2) is 7.25. The Bertz CT molecular complexity index is 1120. The van der Waals surface area contributed by atoms with Crippen molar-refractivity contribution in [1.82, 2.24) is 9.38 Å². The van der Waals surface area contributed by atoms with Gasteiger partial charge in [0.2, 0.25) is 5.78 Å². The number of hydrogen-bond donors (Lipinski definition) is 1. The topological polar surface area (TPSA) is 58.8 Å². The van der Waals surface area contributed by atoms with Crippen LogP contribution in [0.4, 0.5) is 5.69 Å². The summed E-state index contributed by atoms with van der Waals surface area (Å²) in [6, 6.07) is 19.1. The van der Waals surface area contributed by atoms with Crippen LogP contribution in [0.25, 0.3) is 5.52 Å². The van der Waals surface area contributed by atoms with Gasteiger partial charge < -0.3 is 4.40 Å². The standard InChI is InChI=1S/C22H18N4O/c1-16-19(15-24-25-18-7-3-2-4-8-18)20-9-5-6-14-26(20)21(16)22(27)17-10-12-23-13-11-17/h2-15,25H,1H3. The molecule has 0 spiro atoms. The molecule has 0 aliphatic heterocycles. The number of pyridine rings is 2. The fourth-order valence-corrected chi connectivity index (χ4v) is 3.12. The molecule has 0 aliphatic carbocycles. The van der Waals surface area contributed by atoms with Gasteiger partial charge in [-0.3, -0.25) is 15.2 Å². The highest BCUT2D eigenvalue weighted by Gasteiger charge is 2.20. The second-order valence-corrected chi connectivity index (χ2v) is 6.14. The minimum atomic E-state index is -0.0354. The molecule has 5 heteroatoms. The molecule has 0 aliphatic rings. The summed E-state index contributed by atoms with van der Waals surface area (Å²) in [7, 11) is 0. The molecular formula is C22H18N4O. The number of para-hydroxylation sites is 1.